The maximum atomic E-state index is 5.88. The van der Waals surface area contributed by atoms with Gasteiger partial charge in [-0.3, -0.25) is 0 Å². The van der Waals surface area contributed by atoms with Crippen LogP contribution in [0, 0.1) is 10.8 Å². The second kappa shape index (κ2) is 5.71. The molecule has 0 aromatic carbocycles. The molecule has 22 heavy (non-hydrogen) atoms. The van der Waals surface area contributed by atoms with Gasteiger partial charge in [0, 0.05) is 0 Å². The van der Waals surface area contributed by atoms with E-state index in [-0.39, 0.29) is 22.9 Å². The zero-order valence-electron chi connectivity index (χ0n) is 15.3. The topological polar surface area (TPSA) is 43.2 Å². The van der Waals surface area contributed by atoms with E-state index in [0.29, 0.717) is 25.0 Å². The first-order valence-electron chi connectivity index (χ1n) is 8.09. The van der Waals surface area contributed by atoms with E-state index in [2.05, 4.69) is 55.4 Å². The van der Waals surface area contributed by atoms with E-state index in [0.717, 1.165) is 11.1 Å². The summed E-state index contributed by atoms with van der Waals surface area (Å²) in [5.41, 5.74) is 2.25. The van der Waals surface area contributed by atoms with Gasteiger partial charge in [0.15, 0.2) is 0 Å². The maximum Gasteiger partial charge on any atom is 0.222 e. The largest absolute Gasteiger partial charge is 0.475 e. The third-order valence-electron chi connectivity index (χ3n) is 4.23. The second-order valence-electron chi connectivity index (χ2n) is 8.63. The van der Waals surface area contributed by atoms with E-state index in [1.807, 2.05) is 0 Å². The Bertz CT molecular complexity index is 484. The fraction of sp³-hybridized carbons (Fsp3) is 0.778. The molecule has 0 saturated carbocycles. The van der Waals surface area contributed by atoms with E-state index >= 15 is 0 Å². The van der Waals surface area contributed by atoms with Crippen LogP contribution in [0.4, 0.5) is 0 Å². The molecule has 2 aliphatic heterocycles. The average Bonchev–Trinajstić information content (AvgIpc) is 2.95. The number of aliphatic imine (C=N–C) groups is 2. The molecule has 2 atom stereocenters. The minimum absolute atomic E-state index is 0.0980. The molecule has 0 aromatic heterocycles. The fourth-order valence-corrected chi connectivity index (χ4v) is 2.43. The van der Waals surface area contributed by atoms with E-state index in [1.54, 1.807) is 0 Å². The van der Waals surface area contributed by atoms with Crippen LogP contribution in [0.15, 0.2) is 21.1 Å². The van der Waals surface area contributed by atoms with Crippen molar-refractivity contribution in [1.29, 1.82) is 0 Å². The molecule has 2 rings (SSSR count). The number of ether oxygens (including phenoxy) is 2. The van der Waals surface area contributed by atoms with Gasteiger partial charge < -0.3 is 9.47 Å². The van der Waals surface area contributed by atoms with Gasteiger partial charge in [0.1, 0.15) is 13.2 Å². The van der Waals surface area contributed by atoms with Crippen molar-refractivity contribution < 1.29 is 9.47 Å². The molecular weight excluding hydrogens is 276 g/mol. The maximum absolute atomic E-state index is 5.88. The summed E-state index contributed by atoms with van der Waals surface area (Å²) >= 11 is 0. The zero-order chi connectivity index (χ0) is 16.7. The Morgan fingerprint density at radius 2 is 1.18 bits per heavy atom. The molecule has 2 heterocycles. The van der Waals surface area contributed by atoms with Gasteiger partial charge in [-0.05, 0) is 24.7 Å². The molecule has 0 aromatic rings. The summed E-state index contributed by atoms with van der Waals surface area (Å²) in [7, 11) is 0. The Kier molecular flexibility index (Phi) is 4.42. The van der Waals surface area contributed by atoms with Crippen molar-refractivity contribution in [2.24, 2.45) is 20.8 Å². The van der Waals surface area contributed by atoms with E-state index in [1.165, 1.54) is 0 Å². The predicted molar refractivity (Wildman–Crippen MR) is 91.6 cm³/mol. The molecule has 124 valence electrons. The Balaban J connectivity index is 2.30. The van der Waals surface area contributed by atoms with Crippen LogP contribution in [0.5, 0.6) is 0 Å². The lowest BCUT2D eigenvalue weighted by atomic mass is 9.88. The molecule has 0 aliphatic carbocycles. The normalized spacial score (nSPS) is 25.3. The molecule has 0 radical (unpaired) electrons. The van der Waals surface area contributed by atoms with Gasteiger partial charge in [-0.1, -0.05) is 47.1 Å². The van der Waals surface area contributed by atoms with E-state index in [4.69, 9.17) is 19.5 Å². The molecule has 0 amide bonds. The molecule has 0 N–H and O–H groups in total. The number of hydrogen-bond acceptors (Lipinski definition) is 4. The quantitative estimate of drug-likeness (QED) is 0.773. The number of rotatable bonds is 2. The lowest BCUT2D eigenvalue weighted by Crippen LogP contribution is -2.25. The number of hydrogen-bond donors (Lipinski definition) is 0. The van der Waals surface area contributed by atoms with Crippen LogP contribution < -0.4 is 0 Å². The van der Waals surface area contributed by atoms with Crippen molar-refractivity contribution in [2.45, 2.75) is 67.5 Å². The lowest BCUT2D eigenvalue weighted by molar-refractivity contribution is 0.232. The predicted octanol–water partition coefficient (Wildman–Crippen LogP) is 4.01. The third kappa shape index (κ3) is 3.53. The molecule has 0 unspecified atom stereocenters. The van der Waals surface area contributed by atoms with Crippen LogP contribution in [-0.2, 0) is 9.47 Å². The van der Waals surface area contributed by atoms with Gasteiger partial charge in [-0.25, -0.2) is 9.98 Å². The smallest absolute Gasteiger partial charge is 0.222 e. The van der Waals surface area contributed by atoms with E-state index in [9.17, 15) is 0 Å². The van der Waals surface area contributed by atoms with Crippen molar-refractivity contribution in [3.05, 3.63) is 11.1 Å². The SMILES string of the molecule is CC(C)=C(C1=N[C@@H](C(C)(C)C)CO1)C1=N[C@@H](C(C)(C)C)CO1. The van der Waals surface area contributed by atoms with Crippen LogP contribution >= 0.6 is 0 Å². The Morgan fingerprint density at radius 1 is 0.818 bits per heavy atom. The van der Waals surface area contributed by atoms with Gasteiger partial charge in [0.25, 0.3) is 0 Å². The zero-order valence-corrected chi connectivity index (χ0v) is 15.3. The Labute approximate surface area is 134 Å². The van der Waals surface area contributed by atoms with E-state index < -0.39 is 0 Å². The summed E-state index contributed by atoms with van der Waals surface area (Å²) in [6.07, 6.45) is 0. The summed E-state index contributed by atoms with van der Waals surface area (Å²) in [4.78, 5) is 9.58. The van der Waals surface area contributed by atoms with Crippen LogP contribution in [0.3, 0.4) is 0 Å². The summed E-state index contributed by atoms with van der Waals surface area (Å²) in [5.74, 6) is 1.38. The van der Waals surface area contributed by atoms with Crippen molar-refractivity contribution >= 4 is 11.8 Å². The van der Waals surface area contributed by atoms with Crippen molar-refractivity contribution in [3.63, 3.8) is 0 Å². The highest BCUT2D eigenvalue weighted by molar-refractivity contribution is 6.19. The molecular formula is C18H30N2O2. The summed E-state index contributed by atoms with van der Waals surface area (Å²) < 4.78 is 11.8. The van der Waals surface area contributed by atoms with Gasteiger partial charge >= 0.3 is 0 Å². The molecule has 2 aliphatic rings. The van der Waals surface area contributed by atoms with Gasteiger partial charge in [0.2, 0.25) is 11.8 Å². The van der Waals surface area contributed by atoms with Gasteiger partial charge in [0.05, 0.1) is 17.7 Å². The van der Waals surface area contributed by atoms with Crippen molar-refractivity contribution in [3.8, 4) is 0 Å². The molecule has 4 heteroatoms. The standard InChI is InChI=1S/C18H30N2O2/c1-11(2)14(15-19-12(9-21-15)17(3,4)5)16-20-13(10-22-16)18(6,7)8/h12-13H,9-10H2,1-8H3/t12-,13-/m1/s1. The number of allylic oxidation sites excluding steroid dienone is 1. The Morgan fingerprint density at radius 3 is 1.41 bits per heavy atom. The fourth-order valence-electron chi connectivity index (χ4n) is 2.43. The second-order valence-corrected chi connectivity index (χ2v) is 8.63. The van der Waals surface area contributed by atoms with Crippen LogP contribution in [0.2, 0.25) is 0 Å². The highest BCUT2D eigenvalue weighted by Gasteiger charge is 2.36. The first kappa shape index (κ1) is 17.0. The highest BCUT2D eigenvalue weighted by atomic mass is 16.5. The minimum atomic E-state index is 0.0980. The van der Waals surface area contributed by atoms with Crippen LogP contribution in [0.25, 0.3) is 0 Å². The first-order chi connectivity index (χ1) is 10.00. The Hall–Kier alpha value is -1.32. The number of nitrogens with zero attached hydrogens (tertiary/aromatic N) is 2. The molecule has 0 fully saturated rings. The van der Waals surface area contributed by atoms with Crippen molar-refractivity contribution in [2.75, 3.05) is 13.2 Å². The molecule has 4 nitrogen and oxygen atoms in total. The van der Waals surface area contributed by atoms with Crippen LogP contribution in [0.1, 0.15) is 55.4 Å². The van der Waals surface area contributed by atoms with Gasteiger partial charge in [-0.2, -0.15) is 0 Å². The summed E-state index contributed by atoms with van der Waals surface area (Å²) in [6.45, 7) is 18.5. The van der Waals surface area contributed by atoms with Crippen LogP contribution in [-0.4, -0.2) is 37.1 Å². The minimum Gasteiger partial charge on any atom is -0.475 e. The highest BCUT2D eigenvalue weighted by Crippen LogP contribution is 2.31. The summed E-state index contributed by atoms with van der Waals surface area (Å²) in [6, 6.07) is 0.356. The molecule has 0 spiro atoms. The average molecular weight is 306 g/mol. The van der Waals surface area contributed by atoms with Crippen molar-refractivity contribution in [1.82, 2.24) is 0 Å². The lowest BCUT2D eigenvalue weighted by Gasteiger charge is -2.21. The third-order valence-corrected chi connectivity index (χ3v) is 4.23. The molecule has 0 saturated heterocycles. The monoisotopic (exact) mass is 306 g/mol. The first-order valence-corrected chi connectivity index (χ1v) is 8.09. The van der Waals surface area contributed by atoms with Gasteiger partial charge in [-0.15, -0.1) is 0 Å². The summed E-state index contributed by atoms with van der Waals surface area (Å²) in [5, 5.41) is 0. The molecule has 0 bridgehead atoms.